The molecule has 1 fully saturated rings. The number of carbonyl (C=O) groups excluding carboxylic acids is 1. The number of hydrogen-bond donors (Lipinski definition) is 2. The maximum atomic E-state index is 11.6. The second-order valence-electron chi connectivity index (χ2n) is 4.64. The minimum absolute atomic E-state index is 0.00157. The molecule has 1 aliphatic rings. The molecule has 1 aliphatic carbocycles. The van der Waals surface area contributed by atoms with Crippen LogP contribution in [-0.2, 0) is 14.6 Å². The molecule has 0 aromatic carbocycles. The molecule has 1 rings (SSSR count). The van der Waals surface area contributed by atoms with E-state index in [-0.39, 0.29) is 17.7 Å². The molecule has 0 aromatic rings. The molecule has 5 nitrogen and oxygen atoms in total. The van der Waals surface area contributed by atoms with Gasteiger partial charge in [0.15, 0.2) is 9.84 Å². The van der Waals surface area contributed by atoms with Crippen LogP contribution in [0.3, 0.4) is 0 Å². The molecule has 0 saturated heterocycles. The molecule has 0 heterocycles. The summed E-state index contributed by atoms with van der Waals surface area (Å²) in [5, 5.41) is 2.80. The van der Waals surface area contributed by atoms with Gasteiger partial charge in [0.05, 0.1) is 5.75 Å². The lowest BCUT2D eigenvalue weighted by Crippen LogP contribution is -2.40. The zero-order valence-electron chi connectivity index (χ0n) is 10.2. The lowest BCUT2D eigenvalue weighted by molar-refractivity contribution is -0.119. The third-order valence-corrected chi connectivity index (χ3v) is 4.59. The van der Waals surface area contributed by atoms with Crippen LogP contribution in [0.2, 0.25) is 0 Å². The summed E-state index contributed by atoms with van der Waals surface area (Å²) in [7, 11) is -3.29. The molecular formula is C11H22N2O3S. The van der Waals surface area contributed by atoms with E-state index < -0.39 is 15.6 Å². The summed E-state index contributed by atoms with van der Waals surface area (Å²) in [6.07, 6.45) is 5.79. The van der Waals surface area contributed by atoms with Gasteiger partial charge < -0.3 is 11.1 Å². The van der Waals surface area contributed by atoms with Crippen molar-refractivity contribution in [1.29, 1.82) is 0 Å². The molecule has 0 aromatic heterocycles. The lowest BCUT2D eigenvalue weighted by Gasteiger charge is -2.22. The van der Waals surface area contributed by atoms with Gasteiger partial charge in [0.2, 0.25) is 5.91 Å². The molecule has 0 spiro atoms. The Labute approximate surface area is 103 Å². The highest BCUT2D eigenvalue weighted by Gasteiger charge is 2.20. The second kappa shape index (κ2) is 6.96. The summed E-state index contributed by atoms with van der Waals surface area (Å²) in [5.74, 6) is -0.764. The van der Waals surface area contributed by atoms with Crippen LogP contribution in [-0.4, -0.2) is 38.4 Å². The van der Waals surface area contributed by atoms with Crippen molar-refractivity contribution in [3.05, 3.63) is 0 Å². The van der Waals surface area contributed by atoms with E-state index in [2.05, 4.69) is 5.32 Å². The molecule has 0 unspecified atom stereocenters. The van der Waals surface area contributed by atoms with E-state index in [9.17, 15) is 13.2 Å². The van der Waals surface area contributed by atoms with Crippen molar-refractivity contribution < 1.29 is 13.2 Å². The Hall–Kier alpha value is -0.620. The Bertz CT molecular complexity index is 335. The summed E-state index contributed by atoms with van der Waals surface area (Å²) < 4.78 is 23.1. The van der Waals surface area contributed by atoms with E-state index in [0.29, 0.717) is 13.0 Å². The number of sulfone groups is 1. The average molecular weight is 262 g/mol. The number of nitrogens with two attached hydrogens (primary N) is 1. The summed E-state index contributed by atoms with van der Waals surface area (Å²) in [6, 6.07) is 0.168. The first kappa shape index (κ1) is 14.4. The summed E-state index contributed by atoms with van der Waals surface area (Å²) in [5.41, 5.74) is 5.25. The van der Waals surface area contributed by atoms with Crippen LogP contribution in [0, 0.1) is 0 Å². The van der Waals surface area contributed by atoms with Crippen molar-refractivity contribution in [1.82, 2.24) is 5.32 Å². The van der Waals surface area contributed by atoms with Gasteiger partial charge in [-0.1, -0.05) is 19.3 Å². The van der Waals surface area contributed by atoms with E-state index >= 15 is 0 Å². The number of carbonyl (C=O) groups is 1. The molecule has 0 radical (unpaired) electrons. The minimum atomic E-state index is -3.29. The van der Waals surface area contributed by atoms with Gasteiger partial charge in [0, 0.05) is 6.04 Å². The van der Waals surface area contributed by atoms with Gasteiger partial charge >= 0.3 is 0 Å². The van der Waals surface area contributed by atoms with Gasteiger partial charge in [0.1, 0.15) is 5.75 Å². The van der Waals surface area contributed by atoms with Gasteiger partial charge in [-0.3, -0.25) is 4.79 Å². The van der Waals surface area contributed by atoms with E-state index in [1.54, 1.807) is 0 Å². The van der Waals surface area contributed by atoms with Gasteiger partial charge in [-0.25, -0.2) is 8.42 Å². The smallest absolute Gasteiger partial charge is 0.235 e. The summed E-state index contributed by atoms with van der Waals surface area (Å²) in [4.78, 5) is 11.6. The molecule has 3 N–H and O–H groups in total. The number of hydrogen-bond acceptors (Lipinski definition) is 4. The zero-order chi connectivity index (χ0) is 12.7. The molecule has 0 bridgehead atoms. The van der Waals surface area contributed by atoms with Crippen LogP contribution in [0.15, 0.2) is 0 Å². The molecular weight excluding hydrogens is 240 g/mol. The van der Waals surface area contributed by atoms with Crippen LogP contribution < -0.4 is 11.1 Å². The van der Waals surface area contributed by atoms with Crippen molar-refractivity contribution in [2.24, 2.45) is 5.73 Å². The molecule has 17 heavy (non-hydrogen) atoms. The van der Waals surface area contributed by atoms with Gasteiger partial charge in [0.25, 0.3) is 0 Å². The van der Waals surface area contributed by atoms with Gasteiger partial charge in [-0.2, -0.15) is 0 Å². The Morgan fingerprint density at radius 1 is 1.24 bits per heavy atom. The Morgan fingerprint density at radius 3 is 2.47 bits per heavy atom. The maximum absolute atomic E-state index is 11.6. The van der Waals surface area contributed by atoms with Crippen molar-refractivity contribution in [3.63, 3.8) is 0 Å². The van der Waals surface area contributed by atoms with Crippen molar-refractivity contribution >= 4 is 15.7 Å². The third-order valence-electron chi connectivity index (χ3n) is 2.98. The number of nitrogens with one attached hydrogen (secondary N) is 1. The highest BCUT2D eigenvalue weighted by Crippen LogP contribution is 2.17. The van der Waals surface area contributed by atoms with E-state index in [4.69, 9.17) is 5.73 Å². The average Bonchev–Trinajstić information content (AvgIpc) is 2.27. The fourth-order valence-corrected chi connectivity index (χ4v) is 3.33. The Morgan fingerprint density at radius 2 is 1.88 bits per heavy atom. The largest absolute Gasteiger partial charge is 0.352 e. The number of rotatable bonds is 6. The normalized spacial score (nSPS) is 17.9. The fraction of sp³-hybridized carbons (Fsp3) is 0.909. The highest BCUT2D eigenvalue weighted by atomic mass is 32.2. The van der Waals surface area contributed by atoms with Crippen molar-refractivity contribution in [3.8, 4) is 0 Å². The molecule has 0 aliphatic heterocycles. The minimum Gasteiger partial charge on any atom is -0.352 e. The quantitative estimate of drug-likeness (QED) is 0.715. The predicted octanol–water partition coefficient (Wildman–Crippen LogP) is 0.199. The SMILES string of the molecule is NCCCS(=O)(=O)CC(=O)NC1CCCCC1. The van der Waals surface area contributed by atoms with Crippen molar-refractivity contribution in [2.45, 2.75) is 44.6 Å². The fourth-order valence-electron chi connectivity index (χ4n) is 2.09. The lowest BCUT2D eigenvalue weighted by atomic mass is 9.95. The Balaban J connectivity index is 2.32. The van der Waals surface area contributed by atoms with Gasteiger partial charge in [-0.05, 0) is 25.8 Å². The van der Waals surface area contributed by atoms with Crippen LogP contribution in [0.1, 0.15) is 38.5 Å². The second-order valence-corrected chi connectivity index (χ2v) is 6.82. The molecule has 6 heteroatoms. The molecule has 1 amide bonds. The first-order valence-electron chi connectivity index (χ1n) is 6.23. The zero-order valence-corrected chi connectivity index (χ0v) is 11.0. The first-order chi connectivity index (χ1) is 8.03. The van der Waals surface area contributed by atoms with Crippen molar-refractivity contribution in [2.75, 3.05) is 18.1 Å². The molecule has 1 saturated carbocycles. The van der Waals surface area contributed by atoms with Crippen LogP contribution in [0.5, 0.6) is 0 Å². The van der Waals surface area contributed by atoms with Gasteiger partial charge in [-0.15, -0.1) is 0 Å². The molecule has 100 valence electrons. The van der Waals surface area contributed by atoms with E-state index in [1.807, 2.05) is 0 Å². The van der Waals surface area contributed by atoms with Crippen LogP contribution >= 0.6 is 0 Å². The first-order valence-corrected chi connectivity index (χ1v) is 8.05. The number of amides is 1. The third kappa shape index (κ3) is 6.02. The Kier molecular flexibility index (Phi) is 5.91. The molecule has 0 atom stereocenters. The van der Waals surface area contributed by atoms with Crippen LogP contribution in [0.4, 0.5) is 0 Å². The monoisotopic (exact) mass is 262 g/mol. The predicted molar refractivity (Wildman–Crippen MR) is 67.3 cm³/mol. The van der Waals surface area contributed by atoms with E-state index in [0.717, 1.165) is 25.7 Å². The van der Waals surface area contributed by atoms with Crippen LogP contribution in [0.25, 0.3) is 0 Å². The van der Waals surface area contributed by atoms with E-state index in [1.165, 1.54) is 6.42 Å². The maximum Gasteiger partial charge on any atom is 0.235 e. The summed E-state index contributed by atoms with van der Waals surface area (Å²) >= 11 is 0. The topological polar surface area (TPSA) is 89.3 Å². The summed E-state index contributed by atoms with van der Waals surface area (Å²) in [6.45, 7) is 0.337. The highest BCUT2D eigenvalue weighted by molar-refractivity contribution is 7.92. The standard InChI is InChI=1S/C11H22N2O3S/c12-7-4-8-17(15,16)9-11(14)13-10-5-2-1-3-6-10/h10H,1-9,12H2,(H,13,14).